The molecule has 0 bridgehead atoms. The van der Waals surface area contributed by atoms with Crippen LogP contribution in [0.15, 0.2) is 30.5 Å². The van der Waals surface area contributed by atoms with Crippen LogP contribution in [-0.2, 0) is 0 Å². The predicted octanol–water partition coefficient (Wildman–Crippen LogP) is 0.918. The fourth-order valence-corrected chi connectivity index (χ4v) is 1.98. The van der Waals surface area contributed by atoms with E-state index in [9.17, 15) is 9.90 Å². The van der Waals surface area contributed by atoms with E-state index in [-0.39, 0.29) is 17.1 Å². The molecular weight excluding hydrogens is 242 g/mol. The van der Waals surface area contributed by atoms with Crippen molar-refractivity contribution >= 4 is 11.5 Å². The van der Waals surface area contributed by atoms with Gasteiger partial charge in [0, 0.05) is 44.1 Å². The van der Waals surface area contributed by atoms with Crippen molar-refractivity contribution in [3.8, 4) is 5.75 Å². The maximum absolute atomic E-state index is 12.0. The third-order valence-electron chi connectivity index (χ3n) is 3.26. The molecule has 1 heterocycles. The quantitative estimate of drug-likeness (QED) is 0.366. The Balaban J connectivity index is 2.02. The van der Waals surface area contributed by atoms with E-state index in [0.717, 1.165) is 26.2 Å². The van der Waals surface area contributed by atoms with Crippen molar-refractivity contribution < 1.29 is 9.90 Å². The zero-order valence-electron chi connectivity index (χ0n) is 11.0. The van der Waals surface area contributed by atoms with Crippen LogP contribution >= 0.6 is 0 Å². The first-order valence-electron chi connectivity index (χ1n) is 6.30. The fourth-order valence-electron chi connectivity index (χ4n) is 1.98. The van der Waals surface area contributed by atoms with Gasteiger partial charge in [-0.15, -0.1) is 0 Å². The molecule has 1 aliphatic heterocycles. The van der Waals surface area contributed by atoms with Gasteiger partial charge in [-0.1, -0.05) is 0 Å². The number of carbonyl (C=O) groups is 1. The summed E-state index contributed by atoms with van der Waals surface area (Å²) in [6.07, 6.45) is 3.28. The van der Waals surface area contributed by atoms with Crippen LogP contribution in [-0.4, -0.2) is 53.9 Å². The summed E-state index contributed by atoms with van der Waals surface area (Å²) in [5.74, 6) is -0.272. The number of benzene rings is 1. The molecule has 1 aliphatic rings. The number of carbonyl (C=O) groups excluding carboxylic acids is 1. The van der Waals surface area contributed by atoms with Crippen LogP contribution in [0.2, 0.25) is 0 Å². The Kier molecular flexibility index (Phi) is 4.06. The molecular formula is C14H19N3O2. The standard InChI is InChI=1S/C14H19N3O2/c1-16-6-8-17(9-7-16)5-4-14(19)12-10-11(15)2-3-13(12)18/h2-5,10,18H,6-9,15H2,1H3. The number of phenolic OH excluding ortho intramolecular Hbond substituents is 1. The number of likely N-dealkylation sites (N-methyl/N-ethyl adjacent to an activating group) is 1. The Morgan fingerprint density at radius 1 is 1.32 bits per heavy atom. The van der Waals surface area contributed by atoms with Crippen molar-refractivity contribution in [3.63, 3.8) is 0 Å². The second kappa shape index (κ2) is 5.75. The van der Waals surface area contributed by atoms with Crippen molar-refractivity contribution in [1.82, 2.24) is 9.80 Å². The first-order valence-corrected chi connectivity index (χ1v) is 6.30. The summed E-state index contributed by atoms with van der Waals surface area (Å²) in [4.78, 5) is 16.3. The summed E-state index contributed by atoms with van der Waals surface area (Å²) in [7, 11) is 2.08. The van der Waals surface area contributed by atoms with E-state index in [1.165, 1.54) is 18.2 Å². The summed E-state index contributed by atoms with van der Waals surface area (Å²) in [6.45, 7) is 3.79. The third-order valence-corrected chi connectivity index (χ3v) is 3.26. The van der Waals surface area contributed by atoms with Crippen LogP contribution < -0.4 is 5.73 Å². The SMILES string of the molecule is CN1CCN(C=CC(=O)c2cc(N)ccc2O)CC1. The van der Waals surface area contributed by atoms with Gasteiger partial charge in [0.1, 0.15) is 5.75 Å². The topological polar surface area (TPSA) is 69.8 Å². The fraction of sp³-hybridized carbons (Fsp3) is 0.357. The van der Waals surface area contributed by atoms with Crippen molar-refractivity contribution in [2.24, 2.45) is 0 Å². The van der Waals surface area contributed by atoms with Crippen molar-refractivity contribution in [3.05, 3.63) is 36.0 Å². The van der Waals surface area contributed by atoms with Gasteiger partial charge in [0.2, 0.25) is 0 Å². The smallest absolute Gasteiger partial charge is 0.191 e. The Labute approximate surface area is 112 Å². The maximum atomic E-state index is 12.0. The van der Waals surface area contributed by atoms with E-state index in [0.29, 0.717) is 5.69 Å². The maximum Gasteiger partial charge on any atom is 0.191 e. The Hall–Kier alpha value is -2.01. The number of piperazine rings is 1. The van der Waals surface area contributed by atoms with Crippen LogP contribution in [0.4, 0.5) is 5.69 Å². The molecule has 0 saturated carbocycles. The molecule has 1 aromatic carbocycles. The molecule has 0 spiro atoms. The predicted molar refractivity (Wildman–Crippen MR) is 75.1 cm³/mol. The van der Waals surface area contributed by atoms with Gasteiger partial charge in [0.15, 0.2) is 5.78 Å². The second-order valence-corrected chi connectivity index (χ2v) is 4.80. The Morgan fingerprint density at radius 3 is 2.68 bits per heavy atom. The molecule has 5 nitrogen and oxygen atoms in total. The van der Waals surface area contributed by atoms with E-state index < -0.39 is 0 Å². The number of nitrogen functional groups attached to an aromatic ring is 1. The minimum absolute atomic E-state index is 0.0396. The molecule has 19 heavy (non-hydrogen) atoms. The Bertz CT molecular complexity index is 491. The van der Waals surface area contributed by atoms with Crippen LogP contribution in [0, 0.1) is 0 Å². The average Bonchev–Trinajstić information content (AvgIpc) is 2.40. The van der Waals surface area contributed by atoms with Gasteiger partial charge in [-0.05, 0) is 25.2 Å². The summed E-state index contributed by atoms with van der Waals surface area (Å²) in [6, 6.07) is 4.49. The van der Waals surface area contributed by atoms with Crippen molar-refractivity contribution in [2.45, 2.75) is 0 Å². The number of nitrogens with zero attached hydrogens (tertiary/aromatic N) is 2. The van der Waals surface area contributed by atoms with E-state index in [1.807, 2.05) is 0 Å². The zero-order valence-corrected chi connectivity index (χ0v) is 11.0. The summed E-state index contributed by atoms with van der Waals surface area (Å²) in [5, 5.41) is 9.65. The zero-order chi connectivity index (χ0) is 13.8. The molecule has 0 aromatic heterocycles. The minimum Gasteiger partial charge on any atom is -0.507 e. The van der Waals surface area contributed by atoms with Crippen molar-refractivity contribution in [1.29, 1.82) is 0 Å². The largest absolute Gasteiger partial charge is 0.507 e. The highest BCUT2D eigenvalue weighted by Crippen LogP contribution is 2.20. The third kappa shape index (κ3) is 3.48. The number of anilines is 1. The highest BCUT2D eigenvalue weighted by Gasteiger charge is 2.12. The number of phenols is 1. The average molecular weight is 261 g/mol. The molecule has 1 saturated heterocycles. The second-order valence-electron chi connectivity index (χ2n) is 4.80. The van der Waals surface area contributed by atoms with Gasteiger partial charge >= 0.3 is 0 Å². The lowest BCUT2D eigenvalue weighted by molar-refractivity contribution is 0.104. The molecule has 0 unspecified atom stereocenters. The number of nitrogens with two attached hydrogens (primary N) is 1. The summed E-state index contributed by atoms with van der Waals surface area (Å²) >= 11 is 0. The van der Waals surface area contributed by atoms with Crippen LogP contribution in [0.25, 0.3) is 0 Å². The van der Waals surface area contributed by atoms with Gasteiger partial charge < -0.3 is 20.6 Å². The molecule has 0 aliphatic carbocycles. The van der Waals surface area contributed by atoms with E-state index >= 15 is 0 Å². The molecule has 3 N–H and O–H groups in total. The van der Waals surface area contributed by atoms with E-state index in [4.69, 9.17) is 5.73 Å². The minimum atomic E-state index is -0.233. The molecule has 2 rings (SSSR count). The molecule has 102 valence electrons. The number of rotatable bonds is 3. The molecule has 0 amide bonds. The summed E-state index contributed by atoms with van der Waals surface area (Å²) in [5.41, 5.74) is 6.32. The number of hydrogen-bond donors (Lipinski definition) is 2. The number of aromatic hydroxyl groups is 1. The normalized spacial score (nSPS) is 17.0. The van der Waals surface area contributed by atoms with Crippen molar-refractivity contribution in [2.75, 3.05) is 39.0 Å². The van der Waals surface area contributed by atoms with Gasteiger partial charge in [-0.3, -0.25) is 4.79 Å². The summed E-state index contributed by atoms with van der Waals surface area (Å²) < 4.78 is 0. The first kappa shape index (κ1) is 13.4. The van der Waals surface area contributed by atoms with Crippen LogP contribution in [0.3, 0.4) is 0 Å². The Morgan fingerprint density at radius 2 is 2.00 bits per heavy atom. The lowest BCUT2D eigenvalue weighted by Gasteiger charge is -2.31. The monoisotopic (exact) mass is 261 g/mol. The highest BCUT2D eigenvalue weighted by molar-refractivity contribution is 6.06. The van der Waals surface area contributed by atoms with Crippen LogP contribution in [0.5, 0.6) is 5.75 Å². The van der Waals surface area contributed by atoms with Gasteiger partial charge in [0.05, 0.1) is 5.56 Å². The highest BCUT2D eigenvalue weighted by atomic mass is 16.3. The van der Waals surface area contributed by atoms with E-state index in [1.54, 1.807) is 12.3 Å². The molecule has 1 aromatic rings. The van der Waals surface area contributed by atoms with Crippen LogP contribution in [0.1, 0.15) is 10.4 Å². The lowest BCUT2D eigenvalue weighted by Crippen LogP contribution is -2.41. The van der Waals surface area contributed by atoms with Gasteiger partial charge in [-0.2, -0.15) is 0 Å². The molecule has 0 atom stereocenters. The first-order chi connectivity index (χ1) is 9.06. The van der Waals surface area contributed by atoms with E-state index in [2.05, 4.69) is 16.8 Å². The van der Waals surface area contributed by atoms with Gasteiger partial charge in [0.25, 0.3) is 0 Å². The number of ketones is 1. The number of hydrogen-bond acceptors (Lipinski definition) is 5. The van der Waals surface area contributed by atoms with Gasteiger partial charge in [-0.25, -0.2) is 0 Å². The molecule has 5 heteroatoms. The lowest BCUT2D eigenvalue weighted by atomic mass is 10.1. The molecule has 0 radical (unpaired) electrons. The number of allylic oxidation sites excluding steroid dienone is 1. The molecule has 1 fully saturated rings.